The number of aromatic nitrogens is 4. The largest absolute Gasteiger partial charge is 0.491 e. The van der Waals surface area contributed by atoms with E-state index in [-0.39, 0.29) is 12.3 Å². The van der Waals surface area contributed by atoms with E-state index in [0.717, 1.165) is 53.8 Å². The Morgan fingerprint density at radius 1 is 1.07 bits per heavy atom. The SMILES string of the molecule is C[C@@H]1COc2ccc3c(c2)c(nn3C2CCCCO2)-c2cnn(c2)CCOCCO1. The summed E-state index contributed by atoms with van der Waals surface area (Å²) in [5, 5.41) is 10.5. The van der Waals surface area contributed by atoms with Gasteiger partial charge in [0.05, 0.1) is 44.2 Å². The van der Waals surface area contributed by atoms with Crippen LogP contribution in [0.25, 0.3) is 22.2 Å². The standard InChI is InChI=1S/C22H28N4O4/c1-16-15-30-18-5-6-20-19(12-18)22(24-26(20)21-4-2-3-8-29-21)17-13-23-25(14-17)7-9-27-10-11-28-16/h5-6,12-14,16,21H,2-4,7-11,15H2,1H3/t16-,21?/m1/s1. The van der Waals surface area contributed by atoms with Crippen LogP contribution >= 0.6 is 0 Å². The molecule has 0 N–H and O–H groups in total. The molecule has 8 heteroatoms. The van der Waals surface area contributed by atoms with E-state index >= 15 is 0 Å². The molecule has 30 heavy (non-hydrogen) atoms. The Hall–Kier alpha value is -2.42. The first-order valence-corrected chi connectivity index (χ1v) is 10.8. The summed E-state index contributed by atoms with van der Waals surface area (Å²) in [4.78, 5) is 0. The number of nitrogens with zero attached hydrogens (tertiary/aromatic N) is 4. The van der Waals surface area contributed by atoms with Crippen LogP contribution in [0.4, 0.5) is 0 Å². The molecule has 0 radical (unpaired) electrons. The van der Waals surface area contributed by atoms with Gasteiger partial charge in [-0.1, -0.05) is 0 Å². The molecule has 8 nitrogen and oxygen atoms in total. The minimum absolute atomic E-state index is 0.0130. The van der Waals surface area contributed by atoms with Gasteiger partial charge in [0.15, 0.2) is 6.23 Å². The lowest BCUT2D eigenvalue weighted by atomic mass is 10.1. The lowest BCUT2D eigenvalue weighted by Crippen LogP contribution is -2.21. The van der Waals surface area contributed by atoms with Crippen LogP contribution in [0.3, 0.4) is 0 Å². The smallest absolute Gasteiger partial charge is 0.150 e. The van der Waals surface area contributed by atoms with Crippen molar-refractivity contribution < 1.29 is 18.9 Å². The summed E-state index contributed by atoms with van der Waals surface area (Å²) in [6.07, 6.45) is 7.07. The molecule has 2 aliphatic heterocycles. The van der Waals surface area contributed by atoms with E-state index in [2.05, 4.69) is 17.2 Å². The molecule has 0 amide bonds. The summed E-state index contributed by atoms with van der Waals surface area (Å²) < 4.78 is 27.4. The highest BCUT2D eigenvalue weighted by Gasteiger charge is 2.23. The third-order valence-corrected chi connectivity index (χ3v) is 5.59. The zero-order valence-corrected chi connectivity index (χ0v) is 17.3. The molecule has 160 valence electrons. The number of fused-ring (bicyclic) bond motifs is 4. The molecule has 3 aromatic rings. The van der Waals surface area contributed by atoms with Crippen molar-refractivity contribution in [3.63, 3.8) is 0 Å². The maximum Gasteiger partial charge on any atom is 0.150 e. The van der Waals surface area contributed by atoms with Gasteiger partial charge < -0.3 is 18.9 Å². The van der Waals surface area contributed by atoms with Gasteiger partial charge in [0.1, 0.15) is 18.1 Å². The van der Waals surface area contributed by atoms with E-state index in [1.165, 1.54) is 0 Å². The quantitative estimate of drug-likeness (QED) is 0.610. The lowest BCUT2D eigenvalue weighted by Gasteiger charge is -2.23. The van der Waals surface area contributed by atoms with E-state index in [0.29, 0.717) is 33.0 Å². The number of ether oxygens (including phenoxy) is 4. The van der Waals surface area contributed by atoms with Gasteiger partial charge >= 0.3 is 0 Å². The Bertz CT molecular complexity index is 992. The van der Waals surface area contributed by atoms with Crippen molar-refractivity contribution in [2.45, 2.75) is 45.1 Å². The lowest BCUT2D eigenvalue weighted by molar-refractivity contribution is -0.0365. The third-order valence-electron chi connectivity index (χ3n) is 5.59. The molecule has 1 saturated heterocycles. The molecule has 0 saturated carbocycles. The summed E-state index contributed by atoms with van der Waals surface area (Å²) in [5.74, 6) is 0.805. The topological polar surface area (TPSA) is 72.6 Å². The second-order valence-electron chi connectivity index (χ2n) is 7.89. The normalized spacial score (nSPS) is 23.5. The molecule has 4 bridgehead atoms. The molecule has 2 aromatic heterocycles. The average Bonchev–Trinajstić information content (AvgIpc) is 3.39. The zero-order valence-electron chi connectivity index (χ0n) is 17.3. The van der Waals surface area contributed by atoms with Gasteiger partial charge in [-0.3, -0.25) is 4.68 Å². The second kappa shape index (κ2) is 8.75. The molecule has 5 rings (SSSR count). The Balaban J connectivity index is 1.56. The minimum atomic E-state index is -0.0345. The van der Waals surface area contributed by atoms with Crippen LogP contribution in [0.1, 0.15) is 32.4 Å². The van der Waals surface area contributed by atoms with Crippen molar-refractivity contribution in [2.24, 2.45) is 0 Å². The van der Waals surface area contributed by atoms with Crippen LogP contribution in [0.2, 0.25) is 0 Å². The Morgan fingerprint density at radius 2 is 2.03 bits per heavy atom. The van der Waals surface area contributed by atoms with E-state index in [9.17, 15) is 0 Å². The van der Waals surface area contributed by atoms with Crippen LogP contribution in [0, 0.1) is 0 Å². The summed E-state index contributed by atoms with van der Waals surface area (Å²) in [6, 6.07) is 6.14. The average molecular weight is 412 g/mol. The summed E-state index contributed by atoms with van der Waals surface area (Å²) in [5.41, 5.74) is 2.93. The fourth-order valence-electron chi connectivity index (χ4n) is 4.00. The molecule has 2 atom stereocenters. The van der Waals surface area contributed by atoms with Crippen molar-refractivity contribution in [2.75, 3.05) is 33.0 Å². The summed E-state index contributed by atoms with van der Waals surface area (Å²) >= 11 is 0. The minimum Gasteiger partial charge on any atom is -0.491 e. The molecule has 1 aromatic carbocycles. The van der Waals surface area contributed by atoms with Crippen LogP contribution in [0.5, 0.6) is 5.75 Å². The fourth-order valence-corrected chi connectivity index (χ4v) is 4.00. The molecule has 1 unspecified atom stereocenters. The third kappa shape index (κ3) is 4.08. The predicted octanol–water partition coefficient (Wildman–Crippen LogP) is 3.41. The van der Waals surface area contributed by atoms with Gasteiger partial charge in [-0.05, 0) is 44.4 Å². The highest BCUT2D eigenvalue weighted by Crippen LogP contribution is 2.34. The van der Waals surface area contributed by atoms with Gasteiger partial charge in [-0.15, -0.1) is 0 Å². The molecule has 4 heterocycles. The van der Waals surface area contributed by atoms with Crippen LogP contribution in [0.15, 0.2) is 30.6 Å². The Morgan fingerprint density at radius 3 is 2.93 bits per heavy atom. The monoisotopic (exact) mass is 412 g/mol. The number of hydrogen-bond acceptors (Lipinski definition) is 6. The van der Waals surface area contributed by atoms with E-state index in [1.807, 2.05) is 34.7 Å². The van der Waals surface area contributed by atoms with Crippen LogP contribution in [-0.2, 0) is 20.8 Å². The first kappa shape index (κ1) is 19.5. The van der Waals surface area contributed by atoms with Crippen molar-refractivity contribution in [1.82, 2.24) is 19.6 Å². The van der Waals surface area contributed by atoms with E-state index in [1.54, 1.807) is 0 Å². The molecule has 0 aliphatic carbocycles. The van der Waals surface area contributed by atoms with Crippen molar-refractivity contribution in [1.29, 1.82) is 0 Å². The van der Waals surface area contributed by atoms with E-state index < -0.39 is 0 Å². The van der Waals surface area contributed by atoms with Crippen molar-refractivity contribution >= 4 is 10.9 Å². The second-order valence-corrected chi connectivity index (χ2v) is 7.89. The van der Waals surface area contributed by atoms with E-state index in [4.69, 9.17) is 24.0 Å². The zero-order chi connectivity index (χ0) is 20.3. The van der Waals surface area contributed by atoms with Crippen molar-refractivity contribution in [3.05, 3.63) is 30.6 Å². The van der Waals surface area contributed by atoms with Crippen LogP contribution < -0.4 is 4.74 Å². The number of rotatable bonds is 1. The number of benzene rings is 1. The van der Waals surface area contributed by atoms with Gasteiger partial charge in [-0.2, -0.15) is 10.2 Å². The molecular formula is C22H28N4O4. The maximum atomic E-state index is 6.03. The maximum absolute atomic E-state index is 6.03. The van der Waals surface area contributed by atoms with Crippen molar-refractivity contribution in [3.8, 4) is 17.0 Å². The number of hydrogen-bond donors (Lipinski definition) is 0. The van der Waals surface area contributed by atoms with Gasteiger partial charge in [-0.25, -0.2) is 4.68 Å². The fraction of sp³-hybridized carbons (Fsp3) is 0.545. The van der Waals surface area contributed by atoms with Gasteiger partial charge in [0.25, 0.3) is 0 Å². The van der Waals surface area contributed by atoms with Gasteiger partial charge in [0.2, 0.25) is 0 Å². The van der Waals surface area contributed by atoms with Crippen LogP contribution in [-0.4, -0.2) is 58.7 Å². The van der Waals surface area contributed by atoms with Gasteiger partial charge in [0, 0.05) is 23.8 Å². The Kier molecular flexibility index (Phi) is 5.70. The molecule has 0 spiro atoms. The summed E-state index contributed by atoms with van der Waals surface area (Å²) in [7, 11) is 0. The molecule has 1 fully saturated rings. The first-order valence-electron chi connectivity index (χ1n) is 10.8. The Labute approximate surface area is 175 Å². The highest BCUT2D eigenvalue weighted by molar-refractivity contribution is 5.94. The molecular weight excluding hydrogens is 384 g/mol. The predicted molar refractivity (Wildman–Crippen MR) is 112 cm³/mol. The first-order chi connectivity index (χ1) is 14.8. The molecule has 2 aliphatic rings. The summed E-state index contributed by atoms with van der Waals surface area (Å²) in [6.45, 7) is 5.65. The highest BCUT2D eigenvalue weighted by atomic mass is 16.6.